The summed E-state index contributed by atoms with van der Waals surface area (Å²) in [4.78, 5) is 1.68. The average molecular weight is 435 g/mol. The molecule has 0 spiro atoms. The third-order valence-electron chi connectivity index (χ3n) is 4.91. The third kappa shape index (κ3) is 4.66. The van der Waals surface area contributed by atoms with E-state index in [1.54, 1.807) is 4.90 Å². The number of aromatic hydroxyl groups is 1. The Morgan fingerprint density at radius 2 is 1.57 bits per heavy atom. The van der Waals surface area contributed by atoms with Crippen LogP contribution in [0.3, 0.4) is 0 Å². The number of unbranched alkanes of at least 4 members (excludes halogenated alkanes) is 1. The van der Waals surface area contributed by atoms with Crippen molar-refractivity contribution in [2.45, 2.75) is 50.9 Å². The lowest BCUT2D eigenvalue weighted by atomic mass is 9.87. The molecule has 0 aliphatic rings. The Morgan fingerprint density at radius 3 is 2.07 bits per heavy atom. The molecule has 0 saturated carbocycles. The molecule has 0 amide bonds. The maximum atomic E-state index is 13.7. The molecule has 2 N–H and O–H groups in total. The molecule has 0 heterocycles. The van der Waals surface area contributed by atoms with Crippen LogP contribution in [0.5, 0.6) is 5.75 Å². The zero-order valence-corrected chi connectivity index (χ0v) is 16.5. The number of phenols is 1. The topological polar surface area (TPSA) is 43.7 Å². The second kappa shape index (κ2) is 8.75. The molecule has 0 bridgehead atoms. The van der Waals surface area contributed by atoms with E-state index in [4.69, 9.17) is 0 Å². The van der Waals surface area contributed by atoms with Crippen LogP contribution in [0.25, 0.3) is 0 Å². The van der Waals surface area contributed by atoms with Crippen molar-refractivity contribution in [2.75, 3.05) is 11.4 Å². The van der Waals surface area contributed by atoms with Gasteiger partial charge in [0.25, 0.3) is 5.92 Å². The van der Waals surface area contributed by atoms with Crippen molar-refractivity contribution in [2.24, 2.45) is 0 Å². The molecule has 0 fully saturated rings. The van der Waals surface area contributed by atoms with Crippen molar-refractivity contribution < 1.29 is 36.6 Å². The highest BCUT2D eigenvalue weighted by Gasteiger charge is 2.67. The molecule has 166 valence electrons. The van der Waals surface area contributed by atoms with Crippen LogP contribution in [0.2, 0.25) is 0 Å². The first-order chi connectivity index (χ1) is 13.8. The van der Waals surface area contributed by atoms with E-state index in [1.807, 2.05) is 6.92 Å². The predicted molar refractivity (Wildman–Crippen MR) is 101 cm³/mol. The molecular formula is C21H23F6NO2. The van der Waals surface area contributed by atoms with E-state index < -0.39 is 34.8 Å². The SMILES string of the molecule is CCCCN(Cc1cccc(F)c1O)c1ccc(C(O)(C(C)(F)F)C(F)(F)F)cc1. The minimum absolute atomic E-state index is 0.00861. The van der Waals surface area contributed by atoms with Crippen LogP contribution >= 0.6 is 0 Å². The lowest BCUT2D eigenvalue weighted by molar-refractivity contribution is -0.335. The predicted octanol–water partition coefficient (Wildman–Crippen LogP) is 5.74. The van der Waals surface area contributed by atoms with E-state index >= 15 is 0 Å². The summed E-state index contributed by atoms with van der Waals surface area (Å²) in [6.07, 6.45) is -4.11. The summed E-state index contributed by atoms with van der Waals surface area (Å²) >= 11 is 0. The summed E-state index contributed by atoms with van der Waals surface area (Å²) in [7, 11) is 0. The van der Waals surface area contributed by atoms with Gasteiger partial charge in [-0.05, 0) is 30.2 Å². The van der Waals surface area contributed by atoms with Gasteiger partial charge in [-0.25, -0.2) is 13.2 Å². The Labute approximate surface area is 170 Å². The van der Waals surface area contributed by atoms with Gasteiger partial charge in [-0.2, -0.15) is 13.2 Å². The van der Waals surface area contributed by atoms with Crippen molar-refractivity contribution in [3.63, 3.8) is 0 Å². The van der Waals surface area contributed by atoms with E-state index in [-0.39, 0.29) is 19.0 Å². The van der Waals surface area contributed by atoms with Crippen LogP contribution in [-0.4, -0.2) is 28.9 Å². The summed E-state index contributed by atoms with van der Waals surface area (Å²) in [6, 6.07) is 7.97. The van der Waals surface area contributed by atoms with Crippen LogP contribution in [0.4, 0.5) is 32.0 Å². The maximum absolute atomic E-state index is 13.7. The van der Waals surface area contributed by atoms with E-state index in [9.17, 15) is 36.6 Å². The molecule has 2 aromatic carbocycles. The summed E-state index contributed by atoms with van der Waals surface area (Å²) in [5.74, 6) is -5.81. The van der Waals surface area contributed by atoms with Crippen LogP contribution in [-0.2, 0) is 12.1 Å². The zero-order chi connectivity index (χ0) is 22.7. The molecule has 0 aliphatic carbocycles. The number of alkyl halides is 5. The molecule has 0 saturated heterocycles. The molecule has 1 atom stereocenters. The summed E-state index contributed by atoms with van der Waals surface area (Å²) in [6.45, 7) is 2.41. The molecule has 9 heteroatoms. The van der Waals surface area contributed by atoms with E-state index in [0.717, 1.165) is 24.6 Å². The molecule has 0 aliphatic heterocycles. The number of halogens is 6. The zero-order valence-electron chi connectivity index (χ0n) is 16.5. The number of nitrogens with zero attached hydrogens (tertiary/aromatic N) is 1. The average Bonchev–Trinajstić information content (AvgIpc) is 2.66. The fraction of sp³-hybridized carbons (Fsp3) is 0.429. The van der Waals surface area contributed by atoms with Crippen LogP contribution in [0, 0.1) is 5.82 Å². The highest BCUT2D eigenvalue weighted by atomic mass is 19.4. The highest BCUT2D eigenvalue weighted by Crippen LogP contribution is 2.49. The Morgan fingerprint density at radius 1 is 0.967 bits per heavy atom. The largest absolute Gasteiger partial charge is 0.505 e. The van der Waals surface area contributed by atoms with E-state index in [0.29, 0.717) is 18.7 Å². The molecular weight excluding hydrogens is 412 g/mol. The van der Waals surface area contributed by atoms with E-state index in [1.165, 1.54) is 24.3 Å². The lowest BCUT2D eigenvalue weighted by Crippen LogP contribution is -2.54. The number of anilines is 1. The second-order valence-corrected chi connectivity index (χ2v) is 7.17. The van der Waals surface area contributed by atoms with Gasteiger partial charge in [0, 0.05) is 31.3 Å². The smallest absolute Gasteiger partial charge is 0.427 e. The van der Waals surface area contributed by atoms with Gasteiger partial charge in [0.05, 0.1) is 0 Å². The molecule has 3 nitrogen and oxygen atoms in total. The van der Waals surface area contributed by atoms with Gasteiger partial charge in [-0.3, -0.25) is 0 Å². The molecule has 2 aromatic rings. The second-order valence-electron chi connectivity index (χ2n) is 7.17. The molecule has 2 rings (SSSR count). The van der Waals surface area contributed by atoms with Gasteiger partial charge >= 0.3 is 6.18 Å². The van der Waals surface area contributed by atoms with Crippen LogP contribution in [0.15, 0.2) is 42.5 Å². The van der Waals surface area contributed by atoms with E-state index in [2.05, 4.69) is 0 Å². The van der Waals surface area contributed by atoms with Crippen molar-refractivity contribution in [1.82, 2.24) is 0 Å². The molecule has 0 aromatic heterocycles. The van der Waals surface area contributed by atoms with Crippen LogP contribution < -0.4 is 4.90 Å². The maximum Gasteiger partial charge on any atom is 0.427 e. The van der Waals surface area contributed by atoms with Gasteiger partial charge in [0.15, 0.2) is 11.6 Å². The third-order valence-corrected chi connectivity index (χ3v) is 4.91. The first-order valence-corrected chi connectivity index (χ1v) is 9.31. The lowest BCUT2D eigenvalue weighted by Gasteiger charge is -2.36. The van der Waals surface area contributed by atoms with Crippen molar-refractivity contribution in [1.29, 1.82) is 0 Å². The van der Waals surface area contributed by atoms with Gasteiger partial charge in [-0.1, -0.05) is 37.6 Å². The summed E-state index contributed by atoms with van der Waals surface area (Å²) in [5, 5.41) is 19.8. The minimum Gasteiger partial charge on any atom is -0.505 e. The van der Waals surface area contributed by atoms with Gasteiger partial charge < -0.3 is 15.1 Å². The monoisotopic (exact) mass is 435 g/mol. The summed E-state index contributed by atoms with van der Waals surface area (Å²) < 4.78 is 80.9. The normalized spacial score (nSPS) is 14.4. The Balaban J connectivity index is 2.41. The minimum atomic E-state index is -5.60. The Bertz CT molecular complexity index is 832. The Hall–Kier alpha value is -2.42. The number of aliphatic hydroxyl groups is 1. The molecule has 30 heavy (non-hydrogen) atoms. The van der Waals surface area contributed by atoms with Gasteiger partial charge in [0.2, 0.25) is 5.60 Å². The number of benzene rings is 2. The first-order valence-electron chi connectivity index (χ1n) is 9.31. The standard InChI is InChI=1S/C21H23F6NO2/c1-3-4-12-28(13-14-6-5-7-17(22)18(14)29)16-10-8-15(9-11-16)20(30,19(2,23)24)21(25,26)27/h5-11,29-30H,3-4,12-13H2,1-2H3. The van der Waals surface area contributed by atoms with Crippen molar-refractivity contribution >= 4 is 5.69 Å². The fourth-order valence-electron chi connectivity index (χ4n) is 3.12. The van der Waals surface area contributed by atoms with Gasteiger partial charge in [0.1, 0.15) is 0 Å². The number of phenolic OH excluding ortho intramolecular Hbond substituents is 1. The first kappa shape index (κ1) is 23.9. The fourth-order valence-corrected chi connectivity index (χ4v) is 3.12. The Kier molecular flexibility index (Phi) is 6.96. The molecule has 1 unspecified atom stereocenters. The number of para-hydroxylation sites is 1. The van der Waals surface area contributed by atoms with Crippen molar-refractivity contribution in [3.05, 3.63) is 59.4 Å². The van der Waals surface area contributed by atoms with Crippen molar-refractivity contribution in [3.8, 4) is 5.75 Å². The summed E-state index contributed by atoms with van der Waals surface area (Å²) in [5.41, 5.74) is -4.69. The number of rotatable bonds is 8. The number of hydrogen-bond acceptors (Lipinski definition) is 3. The molecule has 0 radical (unpaired) electrons. The number of hydrogen-bond donors (Lipinski definition) is 2. The highest BCUT2D eigenvalue weighted by molar-refractivity contribution is 5.50. The quantitative estimate of drug-likeness (QED) is 0.520. The van der Waals surface area contributed by atoms with Gasteiger partial charge in [-0.15, -0.1) is 0 Å². The van der Waals surface area contributed by atoms with Crippen LogP contribution in [0.1, 0.15) is 37.8 Å².